The minimum Gasteiger partial charge on any atom is -0.490 e. The Morgan fingerprint density at radius 3 is 2.69 bits per heavy atom. The minimum absolute atomic E-state index is 0.294. The molecule has 2 aromatic carbocycles. The molecule has 1 atom stereocenters. The molecule has 4 nitrogen and oxygen atoms in total. The van der Waals surface area contributed by atoms with Gasteiger partial charge in [0.05, 0.1) is 19.3 Å². The normalized spacial score (nSPS) is 19.1. The minimum atomic E-state index is 0.294. The third-order valence-corrected chi connectivity index (χ3v) is 5.34. The number of rotatable bonds is 3. The first-order chi connectivity index (χ1) is 12.8. The van der Waals surface area contributed by atoms with E-state index < -0.39 is 0 Å². The summed E-state index contributed by atoms with van der Waals surface area (Å²) >= 11 is 5.69. The SMILES string of the molecule is S=C(NCc1ccccc1)N1CCC[C@@H]1c1ccc2c(c1)OCCCO2. The number of hydrogen-bond donors (Lipinski definition) is 1. The van der Waals surface area contributed by atoms with Gasteiger partial charge in [0.1, 0.15) is 0 Å². The van der Waals surface area contributed by atoms with Crippen LogP contribution in [0.25, 0.3) is 0 Å². The molecule has 0 spiro atoms. The summed E-state index contributed by atoms with van der Waals surface area (Å²) in [6, 6.07) is 17.0. The fraction of sp³-hybridized carbons (Fsp3) is 0.381. The Labute approximate surface area is 160 Å². The van der Waals surface area contributed by atoms with E-state index >= 15 is 0 Å². The molecule has 1 fully saturated rings. The number of ether oxygens (including phenoxy) is 2. The molecule has 4 rings (SSSR count). The molecule has 0 aromatic heterocycles. The first-order valence-corrected chi connectivity index (χ1v) is 9.70. The van der Waals surface area contributed by atoms with Crippen molar-refractivity contribution in [3.8, 4) is 11.5 Å². The van der Waals surface area contributed by atoms with Gasteiger partial charge in [0.15, 0.2) is 16.6 Å². The van der Waals surface area contributed by atoms with Gasteiger partial charge >= 0.3 is 0 Å². The van der Waals surface area contributed by atoms with Gasteiger partial charge in [0.2, 0.25) is 0 Å². The number of fused-ring (bicyclic) bond motifs is 1. The summed E-state index contributed by atoms with van der Waals surface area (Å²) < 4.78 is 11.6. The molecular formula is C21H24N2O2S. The first kappa shape index (κ1) is 17.2. The molecule has 5 heteroatoms. The number of nitrogens with zero attached hydrogens (tertiary/aromatic N) is 1. The van der Waals surface area contributed by atoms with Crippen molar-refractivity contribution in [2.75, 3.05) is 19.8 Å². The third kappa shape index (κ3) is 3.78. The Bertz CT molecular complexity index is 766. The molecule has 0 radical (unpaired) electrons. The van der Waals surface area contributed by atoms with Crippen molar-refractivity contribution >= 4 is 17.3 Å². The third-order valence-electron chi connectivity index (χ3n) is 4.96. The second-order valence-electron chi connectivity index (χ2n) is 6.75. The van der Waals surface area contributed by atoms with E-state index in [2.05, 4.69) is 46.6 Å². The fourth-order valence-corrected chi connectivity index (χ4v) is 3.91. The summed E-state index contributed by atoms with van der Waals surface area (Å²) in [6.45, 7) is 3.17. The first-order valence-electron chi connectivity index (χ1n) is 9.29. The van der Waals surface area contributed by atoms with E-state index in [0.717, 1.165) is 55.6 Å². The number of likely N-dealkylation sites (tertiary alicyclic amines) is 1. The van der Waals surface area contributed by atoms with E-state index in [9.17, 15) is 0 Å². The highest BCUT2D eigenvalue weighted by molar-refractivity contribution is 7.80. The molecule has 26 heavy (non-hydrogen) atoms. The van der Waals surface area contributed by atoms with Crippen LogP contribution < -0.4 is 14.8 Å². The van der Waals surface area contributed by atoms with E-state index in [1.165, 1.54) is 11.1 Å². The molecule has 2 aliphatic rings. The number of nitrogens with one attached hydrogen (secondary N) is 1. The quantitative estimate of drug-likeness (QED) is 0.827. The van der Waals surface area contributed by atoms with Crippen molar-refractivity contribution in [2.45, 2.75) is 31.8 Å². The van der Waals surface area contributed by atoms with Crippen molar-refractivity contribution < 1.29 is 9.47 Å². The maximum Gasteiger partial charge on any atom is 0.169 e. The maximum absolute atomic E-state index is 5.86. The molecular weight excluding hydrogens is 344 g/mol. The van der Waals surface area contributed by atoms with Crippen LogP contribution in [0.3, 0.4) is 0 Å². The van der Waals surface area contributed by atoms with Crippen molar-refractivity contribution in [2.24, 2.45) is 0 Å². The molecule has 0 unspecified atom stereocenters. The lowest BCUT2D eigenvalue weighted by atomic mass is 10.0. The molecule has 2 heterocycles. The van der Waals surface area contributed by atoms with Gasteiger partial charge < -0.3 is 19.7 Å². The van der Waals surface area contributed by atoms with Gasteiger partial charge in [0.25, 0.3) is 0 Å². The van der Waals surface area contributed by atoms with Gasteiger partial charge in [-0.05, 0) is 48.3 Å². The average molecular weight is 369 g/mol. The lowest BCUT2D eigenvalue weighted by molar-refractivity contribution is 0.296. The van der Waals surface area contributed by atoms with Crippen LogP contribution in [0.1, 0.15) is 36.4 Å². The highest BCUT2D eigenvalue weighted by Gasteiger charge is 2.28. The van der Waals surface area contributed by atoms with E-state index in [1.807, 2.05) is 12.1 Å². The highest BCUT2D eigenvalue weighted by Crippen LogP contribution is 2.37. The molecule has 2 aromatic rings. The van der Waals surface area contributed by atoms with Gasteiger partial charge in [-0.15, -0.1) is 0 Å². The Balaban J connectivity index is 1.46. The second kappa shape index (κ2) is 7.96. The smallest absolute Gasteiger partial charge is 0.169 e. The van der Waals surface area contributed by atoms with Crippen LogP contribution in [0.2, 0.25) is 0 Å². The largest absolute Gasteiger partial charge is 0.490 e. The summed E-state index contributed by atoms with van der Waals surface area (Å²) in [7, 11) is 0. The predicted octanol–water partition coefficient (Wildman–Crippen LogP) is 4.06. The van der Waals surface area contributed by atoms with Crippen LogP contribution in [-0.2, 0) is 6.54 Å². The molecule has 1 N–H and O–H groups in total. The summed E-state index contributed by atoms with van der Waals surface area (Å²) in [5.41, 5.74) is 2.48. The molecule has 2 aliphatic heterocycles. The van der Waals surface area contributed by atoms with Crippen molar-refractivity contribution in [3.63, 3.8) is 0 Å². The topological polar surface area (TPSA) is 33.7 Å². The average Bonchev–Trinajstić information content (AvgIpc) is 3.06. The number of hydrogen-bond acceptors (Lipinski definition) is 3. The maximum atomic E-state index is 5.86. The van der Waals surface area contributed by atoms with E-state index in [1.54, 1.807) is 0 Å². The van der Waals surface area contributed by atoms with Crippen molar-refractivity contribution in [3.05, 3.63) is 59.7 Å². The summed E-state index contributed by atoms with van der Waals surface area (Å²) in [5.74, 6) is 1.70. The van der Waals surface area contributed by atoms with Crippen LogP contribution in [0.5, 0.6) is 11.5 Å². The monoisotopic (exact) mass is 368 g/mol. The zero-order valence-corrected chi connectivity index (χ0v) is 15.6. The van der Waals surface area contributed by atoms with E-state index in [-0.39, 0.29) is 0 Å². The highest BCUT2D eigenvalue weighted by atomic mass is 32.1. The molecule has 0 bridgehead atoms. The Morgan fingerprint density at radius 2 is 1.85 bits per heavy atom. The van der Waals surface area contributed by atoms with Crippen LogP contribution >= 0.6 is 12.2 Å². The molecule has 1 saturated heterocycles. The number of thiocarbonyl (C=S) groups is 1. The Hall–Kier alpha value is -2.27. The van der Waals surface area contributed by atoms with Gasteiger partial charge in [-0.3, -0.25) is 0 Å². The zero-order chi connectivity index (χ0) is 17.8. The predicted molar refractivity (Wildman–Crippen MR) is 107 cm³/mol. The molecule has 0 saturated carbocycles. The molecule has 0 aliphatic carbocycles. The van der Waals surface area contributed by atoms with E-state index in [4.69, 9.17) is 21.7 Å². The lowest BCUT2D eigenvalue weighted by Crippen LogP contribution is -2.38. The molecule has 0 amide bonds. The van der Waals surface area contributed by atoms with Gasteiger partial charge in [0, 0.05) is 19.5 Å². The Kier molecular flexibility index (Phi) is 5.25. The standard InChI is InChI=1S/C21H24N2O2S/c26-21(22-15-16-6-2-1-3-7-16)23-11-4-8-18(23)17-9-10-19-20(14-17)25-13-5-12-24-19/h1-3,6-7,9-10,14,18H,4-5,8,11-13,15H2,(H,22,26)/t18-/m1/s1. The second-order valence-corrected chi connectivity index (χ2v) is 7.14. The van der Waals surface area contributed by atoms with Crippen LogP contribution in [0.4, 0.5) is 0 Å². The fourth-order valence-electron chi connectivity index (χ4n) is 3.62. The van der Waals surface area contributed by atoms with Crippen LogP contribution in [0, 0.1) is 0 Å². The Morgan fingerprint density at radius 1 is 1.04 bits per heavy atom. The summed E-state index contributed by atoms with van der Waals surface area (Å²) in [6.07, 6.45) is 3.17. The van der Waals surface area contributed by atoms with Crippen LogP contribution in [0.15, 0.2) is 48.5 Å². The molecule has 136 valence electrons. The zero-order valence-electron chi connectivity index (χ0n) is 14.8. The lowest BCUT2D eigenvalue weighted by Gasteiger charge is -2.28. The van der Waals surface area contributed by atoms with Crippen molar-refractivity contribution in [1.82, 2.24) is 10.2 Å². The summed E-state index contributed by atoms with van der Waals surface area (Å²) in [4.78, 5) is 2.30. The number of benzene rings is 2. The van der Waals surface area contributed by atoms with Crippen molar-refractivity contribution in [1.29, 1.82) is 0 Å². The van der Waals surface area contributed by atoms with Gasteiger partial charge in [-0.25, -0.2) is 0 Å². The van der Waals surface area contributed by atoms with E-state index in [0.29, 0.717) is 12.6 Å². The van der Waals surface area contributed by atoms with Gasteiger partial charge in [-0.1, -0.05) is 36.4 Å². The van der Waals surface area contributed by atoms with Crippen LogP contribution in [-0.4, -0.2) is 29.8 Å². The summed E-state index contributed by atoms with van der Waals surface area (Å²) in [5, 5.41) is 4.24. The van der Waals surface area contributed by atoms with Gasteiger partial charge in [-0.2, -0.15) is 0 Å².